The molecule has 2 saturated heterocycles. The Labute approximate surface area is 150 Å². The number of morpholine rings is 1. The Kier molecular flexibility index (Phi) is 6.85. The molecule has 0 spiro atoms. The molecule has 2 heterocycles. The van der Waals surface area contributed by atoms with Crippen molar-refractivity contribution in [2.75, 3.05) is 40.4 Å². The van der Waals surface area contributed by atoms with Gasteiger partial charge in [0.2, 0.25) is 0 Å². The van der Waals surface area contributed by atoms with Crippen molar-refractivity contribution < 1.29 is 32.5 Å². The smallest absolute Gasteiger partial charge is 0.490 e. The van der Waals surface area contributed by atoms with E-state index in [4.69, 9.17) is 19.4 Å². The summed E-state index contributed by atoms with van der Waals surface area (Å²) in [5, 5.41) is 7.12. The number of carboxylic acid groups (broad SMARTS) is 1. The highest BCUT2D eigenvalue weighted by Gasteiger charge is 2.39. The molecule has 2 aliphatic heterocycles. The Balaban J connectivity index is 0.000000298. The van der Waals surface area contributed by atoms with Gasteiger partial charge in [0.15, 0.2) is 0 Å². The molecule has 1 N–H and O–H groups in total. The summed E-state index contributed by atoms with van der Waals surface area (Å²) in [7, 11) is 3.91. The number of hydrogen-bond donors (Lipinski definition) is 1. The molecule has 1 aromatic rings. The molecule has 0 unspecified atom stereocenters. The largest absolute Gasteiger partial charge is 0.497 e. The van der Waals surface area contributed by atoms with Crippen molar-refractivity contribution in [1.82, 2.24) is 9.80 Å². The Morgan fingerprint density at radius 2 is 1.92 bits per heavy atom. The number of likely N-dealkylation sites (N-methyl/N-ethyl adjacent to an activating group) is 1. The average Bonchev–Trinajstić information content (AvgIpc) is 2.99. The van der Waals surface area contributed by atoms with Gasteiger partial charge in [-0.1, -0.05) is 12.1 Å². The van der Waals surface area contributed by atoms with E-state index in [0.29, 0.717) is 12.1 Å². The molecule has 1 aromatic carbocycles. The van der Waals surface area contributed by atoms with Crippen molar-refractivity contribution in [2.24, 2.45) is 0 Å². The summed E-state index contributed by atoms with van der Waals surface area (Å²) in [5.41, 5.74) is 1.34. The number of likely N-dealkylation sites (tertiary alicyclic amines) is 1. The maximum absolute atomic E-state index is 10.6. The third kappa shape index (κ3) is 5.58. The molecule has 3 rings (SSSR count). The molecule has 146 valence electrons. The van der Waals surface area contributed by atoms with E-state index >= 15 is 0 Å². The second-order valence-corrected chi connectivity index (χ2v) is 6.30. The number of aliphatic carboxylic acids is 1. The van der Waals surface area contributed by atoms with Crippen LogP contribution in [0.5, 0.6) is 5.75 Å². The van der Waals surface area contributed by atoms with Crippen LogP contribution in [0.15, 0.2) is 24.3 Å². The van der Waals surface area contributed by atoms with Gasteiger partial charge in [-0.15, -0.1) is 0 Å². The van der Waals surface area contributed by atoms with Crippen molar-refractivity contribution in [1.29, 1.82) is 0 Å². The number of carbonyl (C=O) groups is 1. The first-order chi connectivity index (χ1) is 12.2. The predicted octanol–water partition coefficient (Wildman–Crippen LogP) is 1.84. The van der Waals surface area contributed by atoms with E-state index in [1.165, 1.54) is 5.56 Å². The molecule has 6 nitrogen and oxygen atoms in total. The number of alkyl halides is 3. The van der Waals surface area contributed by atoms with Crippen LogP contribution in [0.3, 0.4) is 0 Å². The van der Waals surface area contributed by atoms with Crippen molar-refractivity contribution in [3.05, 3.63) is 29.8 Å². The lowest BCUT2D eigenvalue weighted by molar-refractivity contribution is -0.192. The Morgan fingerprint density at radius 1 is 1.31 bits per heavy atom. The number of methoxy groups -OCH3 is 1. The lowest BCUT2D eigenvalue weighted by Gasteiger charge is -2.33. The molecule has 0 aromatic heterocycles. The van der Waals surface area contributed by atoms with Crippen LogP contribution in [-0.4, -0.2) is 79.6 Å². The molecule has 9 heteroatoms. The summed E-state index contributed by atoms with van der Waals surface area (Å²) in [6.07, 6.45) is -4.70. The van der Waals surface area contributed by atoms with Gasteiger partial charge in [0, 0.05) is 32.2 Å². The van der Waals surface area contributed by atoms with E-state index in [0.717, 1.165) is 38.5 Å². The van der Waals surface area contributed by atoms with Crippen LogP contribution in [-0.2, 0) is 16.1 Å². The number of ether oxygens (including phenoxy) is 2. The van der Waals surface area contributed by atoms with Gasteiger partial charge >= 0.3 is 12.1 Å². The normalized spacial score (nSPS) is 23.7. The lowest BCUT2D eigenvalue weighted by Crippen LogP contribution is -2.48. The van der Waals surface area contributed by atoms with E-state index in [2.05, 4.69) is 29.0 Å². The zero-order chi connectivity index (χ0) is 19.3. The average molecular weight is 376 g/mol. The summed E-state index contributed by atoms with van der Waals surface area (Å²) < 4.78 is 42.8. The maximum Gasteiger partial charge on any atom is 0.490 e. The van der Waals surface area contributed by atoms with E-state index < -0.39 is 12.1 Å². The first-order valence-electron chi connectivity index (χ1n) is 8.18. The van der Waals surface area contributed by atoms with Gasteiger partial charge in [0.25, 0.3) is 0 Å². The van der Waals surface area contributed by atoms with Crippen molar-refractivity contribution >= 4 is 5.97 Å². The molecule has 2 aliphatic rings. The van der Waals surface area contributed by atoms with Gasteiger partial charge < -0.3 is 14.6 Å². The van der Waals surface area contributed by atoms with Crippen LogP contribution in [0, 0.1) is 0 Å². The summed E-state index contributed by atoms with van der Waals surface area (Å²) >= 11 is 0. The Hall–Kier alpha value is -1.84. The van der Waals surface area contributed by atoms with Crippen LogP contribution in [0.1, 0.15) is 5.56 Å². The quantitative estimate of drug-likeness (QED) is 0.869. The second kappa shape index (κ2) is 8.70. The minimum Gasteiger partial charge on any atom is -0.497 e. The minimum atomic E-state index is -5.08. The van der Waals surface area contributed by atoms with Crippen molar-refractivity contribution in [3.63, 3.8) is 0 Å². The first-order valence-corrected chi connectivity index (χ1v) is 8.18. The maximum atomic E-state index is 10.6. The van der Waals surface area contributed by atoms with Crippen LogP contribution in [0.25, 0.3) is 0 Å². The van der Waals surface area contributed by atoms with Gasteiger partial charge in [-0.05, 0) is 24.7 Å². The third-order valence-electron chi connectivity index (χ3n) is 4.46. The van der Waals surface area contributed by atoms with Crippen molar-refractivity contribution in [3.8, 4) is 5.75 Å². The number of halogens is 3. The lowest BCUT2D eigenvalue weighted by atomic mass is 10.1. The van der Waals surface area contributed by atoms with Gasteiger partial charge in [-0.2, -0.15) is 13.2 Å². The number of rotatable bonds is 3. The number of carboxylic acids is 1. The van der Waals surface area contributed by atoms with Gasteiger partial charge in [-0.25, -0.2) is 4.79 Å². The Morgan fingerprint density at radius 3 is 2.42 bits per heavy atom. The van der Waals surface area contributed by atoms with Gasteiger partial charge in [0.1, 0.15) is 5.75 Å². The molecule has 26 heavy (non-hydrogen) atoms. The molecule has 0 radical (unpaired) electrons. The standard InChI is InChI=1S/C15H22N2O2.C2HF3O2/c1-16-7-8-19-15-11-17(10-14(15)16)9-12-3-5-13(18-2)6-4-12;3-2(4,5)1(6)7/h3-6,14-15H,7-11H2,1-2H3;(H,6,7)/t14-,15+;/m1./s1. The second-order valence-electron chi connectivity index (χ2n) is 6.30. The molecule has 0 aliphatic carbocycles. The zero-order valence-corrected chi connectivity index (χ0v) is 14.7. The zero-order valence-electron chi connectivity index (χ0n) is 14.7. The number of benzene rings is 1. The topological polar surface area (TPSA) is 62.2 Å². The predicted molar refractivity (Wildman–Crippen MR) is 88.1 cm³/mol. The fourth-order valence-corrected chi connectivity index (χ4v) is 3.05. The third-order valence-corrected chi connectivity index (χ3v) is 4.46. The van der Waals surface area contributed by atoms with E-state index in [1.54, 1.807) is 7.11 Å². The molecular weight excluding hydrogens is 353 g/mol. The highest BCUT2D eigenvalue weighted by Crippen LogP contribution is 2.23. The van der Waals surface area contributed by atoms with Crippen LogP contribution < -0.4 is 4.74 Å². The summed E-state index contributed by atoms with van der Waals surface area (Å²) in [6.45, 7) is 5.06. The van der Waals surface area contributed by atoms with E-state index in [-0.39, 0.29) is 0 Å². The molecule has 0 saturated carbocycles. The molecule has 0 bridgehead atoms. The minimum absolute atomic E-state index is 0.386. The van der Waals surface area contributed by atoms with Crippen molar-refractivity contribution in [2.45, 2.75) is 24.9 Å². The molecule has 2 atom stereocenters. The van der Waals surface area contributed by atoms with Crippen LogP contribution in [0.2, 0.25) is 0 Å². The van der Waals surface area contributed by atoms with Gasteiger partial charge in [0.05, 0.1) is 19.8 Å². The summed E-state index contributed by atoms with van der Waals surface area (Å²) in [6, 6.07) is 8.91. The van der Waals surface area contributed by atoms with Crippen LogP contribution >= 0.6 is 0 Å². The summed E-state index contributed by atoms with van der Waals surface area (Å²) in [4.78, 5) is 13.8. The molecule has 2 fully saturated rings. The number of nitrogens with zero attached hydrogens (tertiary/aromatic N) is 2. The number of hydrogen-bond acceptors (Lipinski definition) is 5. The van der Waals surface area contributed by atoms with Gasteiger partial charge in [-0.3, -0.25) is 9.80 Å². The first kappa shape index (κ1) is 20.5. The molecule has 0 amide bonds. The highest BCUT2D eigenvalue weighted by molar-refractivity contribution is 5.73. The van der Waals surface area contributed by atoms with E-state index in [1.807, 2.05) is 12.1 Å². The van der Waals surface area contributed by atoms with E-state index in [9.17, 15) is 13.2 Å². The highest BCUT2D eigenvalue weighted by atomic mass is 19.4. The fourth-order valence-electron chi connectivity index (χ4n) is 3.05. The fraction of sp³-hybridized carbons (Fsp3) is 0.588. The number of fused-ring (bicyclic) bond motifs is 1. The Bertz CT molecular complexity index is 595. The SMILES string of the molecule is COc1ccc(CN2C[C@@H]3OCCN(C)[C@@H]3C2)cc1.O=C(O)C(F)(F)F. The summed E-state index contributed by atoms with van der Waals surface area (Å²) in [5.74, 6) is -1.84. The van der Waals surface area contributed by atoms with Crippen LogP contribution in [0.4, 0.5) is 13.2 Å². The molecular formula is C17H23F3N2O4. The monoisotopic (exact) mass is 376 g/mol.